The Bertz CT molecular complexity index is 2370. The maximum Gasteiger partial charge on any atom is 0.472 e. The summed E-state index contributed by atoms with van der Waals surface area (Å²) in [5.41, 5.74) is 0. The molecular formula is C81H138O17P2. The molecule has 5 atom stereocenters. The van der Waals surface area contributed by atoms with Crippen molar-refractivity contribution in [2.45, 2.75) is 329 Å². The Morgan fingerprint density at radius 3 is 0.830 bits per heavy atom. The number of aliphatic hydroxyl groups is 1. The number of carbonyl (C=O) groups is 4. The first kappa shape index (κ1) is 95.5. The number of hydrogen-bond donors (Lipinski definition) is 3. The van der Waals surface area contributed by atoms with Gasteiger partial charge in [0.05, 0.1) is 26.4 Å². The van der Waals surface area contributed by atoms with Crippen molar-refractivity contribution in [1.82, 2.24) is 0 Å². The molecule has 19 heteroatoms. The van der Waals surface area contributed by atoms with Crippen molar-refractivity contribution < 1.29 is 80.2 Å². The van der Waals surface area contributed by atoms with Crippen LogP contribution in [0.15, 0.2) is 122 Å². The van der Waals surface area contributed by atoms with Crippen LogP contribution in [0.4, 0.5) is 0 Å². The van der Waals surface area contributed by atoms with Gasteiger partial charge in [0.1, 0.15) is 19.3 Å². The Kier molecular flexibility index (Phi) is 69.5. The maximum atomic E-state index is 13.1. The van der Waals surface area contributed by atoms with Crippen molar-refractivity contribution in [2.24, 2.45) is 0 Å². The molecule has 0 aliphatic rings. The summed E-state index contributed by atoms with van der Waals surface area (Å²) >= 11 is 0. The van der Waals surface area contributed by atoms with E-state index in [9.17, 15) is 43.2 Å². The highest BCUT2D eigenvalue weighted by Gasteiger charge is 2.30. The molecule has 0 bridgehead atoms. The Hall–Kier alpha value is -4.54. The van der Waals surface area contributed by atoms with Crippen LogP contribution in [0.1, 0.15) is 310 Å². The van der Waals surface area contributed by atoms with E-state index in [4.69, 9.17) is 37.0 Å². The first-order valence-corrected chi connectivity index (χ1v) is 41.8. The molecule has 0 amide bonds. The lowest BCUT2D eigenvalue weighted by atomic mass is 10.1. The molecule has 0 rings (SSSR count). The van der Waals surface area contributed by atoms with E-state index in [1.807, 2.05) is 0 Å². The van der Waals surface area contributed by atoms with Gasteiger partial charge in [-0.1, -0.05) is 271 Å². The van der Waals surface area contributed by atoms with Gasteiger partial charge in [0.15, 0.2) is 12.2 Å². The van der Waals surface area contributed by atoms with Gasteiger partial charge in [0, 0.05) is 25.7 Å². The summed E-state index contributed by atoms with van der Waals surface area (Å²) < 4.78 is 68.4. The van der Waals surface area contributed by atoms with Crippen LogP contribution in [-0.2, 0) is 65.4 Å². The molecule has 0 aliphatic carbocycles. The Balaban J connectivity index is 5.36. The predicted molar refractivity (Wildman–Crippen MR) is 408 cm³/mol. The third-order valence-corrected chi connectivity index (χ3v) is 17.8. The van der Waals surface area contributed by atoms with Crippen molar-refractivity contribution in [2.75, 3.05) is 39.6 Å². The topological polar surface area (TPSA) is 237 Å². The van der Waals surface area contributed by atoms with Crippen LogP contribution in [0.5, 0.6) is 0 Å². The zero-order valence-electron chi connectivity index (χ0n) is 62.6. The lowest BCUT2D eigenvalue weighted by molar-refractivity contribution is -0.161. The van der Waals surface area contributed by atoms with E-state index in [2.05, 4.69) is 149 Å². The van der Waals surface area contributed by atoms with Gasteiger partial charge < -0.3 is 33.8 Å². The average molecular weight is 1450 g/mol. The van der Waals surface area contributed by atoms with Gasteiger partial charge in [-0.2, -0.15) is 0 Å². The first-order valence-electron chi connectivity index (χ1n) is 38.8. The van der Waals surface area contributed by atoms with Crippen LogP contribution in [0, 0.1) is 0 Å². The highest BCUT2D eigenvalue weighted by molar-refractivity contribution is 7.47. The number of phosphoric ester groups is 2. The molecule has 0 heterocycles. The quantitative estimate of drug-likeness (QED) is 0.0169. The SMILES string of the molecule is CC/C=C\C/C=C\C/C=C\C/C=C\C/C=C\CCCCCC(=O)OCC(COP(=O)(O)OCC(O)COP(=O)(O)OCC(COC(=O)CCCCCC/C=C\C/C=C\C/C=C\C/C=C\CC)OC(=O)CCCCCCCCCCCCC)OC(=O)CCCCCCC/C=C\CCCCCC. The number of carbonyl (C=O) groups excluding carboxylic acids is 4. The fraction of sp³-hybridized carbons (Fsp3) is 0.704. The largest absolute Gasteiger partial charge is 0.472 e. The minimum absolute atomic E-state index is 0.0753. The maximum absolute atomic E-state index is 13.1. The van der Waals surface area contributed by atoms with Crippen LogP contribution in [-0.4, -0.2) is 96.7 Å². The molecule has 0 aromatic carbocycles. The Morgan fingerprint density at radius 2 is 0.520 bits per heavy atom. The highest BCUT2D eigenvalue weighted by atomic mass is 31.2. The van der Waals surface area contributed by atoms with Crippen LogP contribution >= 0.6 is 15.6 Å². The summed E-state index contributed by atoms with van der Waals surface area (Å²) in [6.07, 6.45) is 79.0. The average Bonchev–Trinajstić information content (AvgIpc) is 0.940. The zero-order chi connectivity index (χ0) is 73.2. The summed E-state index contributed by atoms with van der Waals surface area (Å²) in [5.74, 6) is -2.24. The lowest BCUT2D eigenvalue weighted by Crippen LogP contribution is -2.30. The van der Waals surface area contributed by atoms with Crippen LogP contribution in [0.2, 0.25) is 0 Å². The van der Waals surface area contributed by atoms with Crippen molar-refractivity contribution in [3.8, 4) is 0 Å². The molecular weight excluding hydrogens is 1310 g/mol. The molecule has 3 N–H and O–H groups in total. The number of aliphatic hydroxyl groups excluding tert-OH is 1. The molecule has 0 saturated carbocycles. The van der Waals surface area contributed by atoms with Gasteiger partial charge >= 0.3 is 39.5 Å². The van der Waals surface area contributed by atoms with E-state index in [0.29, 0.717) is 25.7 Å². The van der Waals surface area contributed by atoms with E-state index < -0.39 is 97.5 Å². The molecule has 17 nitrogen and oxygen atoms in total. The fourth-order valence-corrected chi connectivity index (χ4v) is 11.6. The smallest absolute Gasteiger partial charge is 0.462 e. The molecule has 0 radical (unpaired) electrons. The second-order valence-electron chi connectivity index (χ2n) is 25.5. The van der Waals surface area contributed by atoms with Crippen LogP contribution in [0.25, 0.3) is 0 Å². The van der Waals surface area contributed by atoms with E-state index in [1.54, 1.807) is 0 Å². The number of allylic oxidation sites excluding steroid dienone is 20. The Morgan fingerprint density at radius 1 is 0.290 bits per heavy atom. The molecule has 0 saturated heterocycles. The van der Waals surface area contributed by atoms with Crippen molar-refractivity contribution in [3.63, 3.8) is 0 Å². The number of phosphoric acid groups is 2. The lowest BCUT2D eigenvalue weighted by Gasteiger charge is -2.21. The van der Waals surface area contributed by atoms with Gasteiger partial charge in [-0.3, -0.25) is 37.3 Å². The third-order valence-electron chi connectivity index (χ3n) is 15.9. The van der Waals surface area contributed by atoms with Crippen molar-refractivity contribution in [3.05, 3.63) is 122 Å². The zero-order valence-corrected chi connectivity index (χ0v) is 64.4. The molecule has 0 aliphatic heterocycles. The van der Waals surface area contributed by atoms with Gasteiger partial charge in [-0.05, 0) is 135 Å². The first-order chi connectivity index (χ1) is 48.7. The second-order valence-corrected chi connectivity index (χ2v) is 28.4. The molecule has 0 fully saturated rings. The monoisotopic (exact) mass is 1440 g/mol. The predicted octanol–water partition coefficient (Wildman–Crippen LogP) is 22.3. The molecule has 0 aromatic rings. The van der Waals surface area contributed by atoms with Gasteiger partial charge in [-0.25, -0.2) is 9.13 Å². The van der Waals surface area contributed by atoms with Crippen molar-refractivity contribution >= 4 is 39.5 Å². The minimum Gasteiger partial charge on any atom is -0.462 e. The number of hydrogen-bond acceptors (Lipinski definition) is 15. The summed E-state index contributed by atoms with van der Waals surface area (Å²) in [5, 5.41) is 10.6. The van der Waals surface area contributed by atoms with Crippen LogP contribution < -0.4 is 0 Å². The van der Waals surface area contributed by atoms with E-state index in [0.717, 1.165) is 167 Å². The van der Waals surface area contributed by atoms with E-state index >= 15 is 0 Å². The number of unbranched alkanes of at least 4 members (excludes halogenated alkanes) is 26. The molecule has 5 unspecified atom stereocenters. The molecule has 574 valence electrons. The van der Waals surface area contributed by atoms with E-state index in [1.165, 1.54) is 64.2 Å². The summed E-state index contributed by atoms with van der Waals surface area (Å²) in [7, 11) is -9.97. The number of esters is 4. The summed E-state index contributed by atoms with van der Waals surface area (Å²) in [6, 6.07) is 0. The molecule has 100 heavy (non-hydrogen) atoms. The van der Waals surface area contributed by atoms with Crippen molar-refractivity contribution in [1.29, 1.82) is 0 Å². The van der Waals surface area contributed by atoms with Crippen LogP contribution in [0.3, 0.4) is 0 Å². The standard InChI is InChI=1S/C81H138O17P2/c1-5-9-13-17-21-25-29-32-34-36-37-39-41-44-47-50-54-58-62-66-79(84)92-72-77(98-81(86)68-64-60-56-52-48-42-31-27-23-19-15-11-7-3)74-96-100(89,90)94-70-75(82)69-93-99(87,88)95-73-76(97-80(85)67-63-59-55-51-45-28-24-20-16-12-8-4)71-91-78(83)65-61-57-53-49-46-43-40-38-35-33-30-26-22-18-14-10-6-2/h9-10,13-14,21-22,25-27,31-35,37,39-40,43-44,47,75-77,82H,5-8,11-12,15-20,23-24,28-30,36,38,41-42,45-46,48-74H2,1-4H3,(H,87,88)(H,89,90)/b13-9-,14-10-,25-21-,26-22-,31-27-,34-32-,35-33-,39-37-,43-40-,47-44-. The highest BCUT2D eigenvalue weighted by Crippen LogP contribution is 2.45. The van der Waals surface area contributed by atoms with Gasteiger partial charge in [-0.15, -0.1) is 0 Å². The van der Waals surface area contributed by atoms with Gasteiger partial charge in [0.25, 0.3) is 0 Å². The Labute approximate surface area is 606 Å². The fourth-order valence-electron chi connectivity index (χ4n) is 10.1. The molecule has 0 aromatic heterocycles. The van der Waals surface area contributed by atoms with E-state index in [-0.39, 0.29) is 25.7 Å². The summed E-state index contributed by atoms with van der Waals surface area (Å²) in [6.45, 7) is 4.56. The number of ether oxygens (including phenoxy) is 4. The minimum atomic E-state index is -4.99. The normalized spacial score (nSPS) is 14.6. The van der Waals surface area contributed by atoms with Gasteiger partial charge in [0.2, 0.25) is 0 Å². The summed E-state index contributed by atoms with van der Waals surface area (Å²) in [4.78, 5) is 72.8. The molecule has 0 spiro atoms. The second kappa shape index (κ2) is 72.8. The number of rotatable bonds is 72. The third kappa shape index (κ3) is 71.8.